The number of benzene rings is 1. The monoisotopic (exact) mass is 483 g/mol. The second kappa shape index (κ2) is 12.0. The summed E-state index contributed by atoms with van der Waals surface area (Å²) in [4.78, 5) is 31.1. The van der Waals surface area contributed by atoms with Gasteiger partial charge in [0.25, 0.3) is 0 Å². The molecule has 0 aliphatic carbocycles. The molecule has 2 saturated heterocycles. The zero-order valence-corrected chi connectivity index (χ0v) is 20.1. The molecule has 176 valence electrons. The molecule has 1 aromatic rings. The van der Waals surface area contributed by atoms with E-state index in [-0.39, 0.29) is 24.0 Å². The van der Waals surface area contributed by atoms with Crippen molar-refractivity contribution in [1.82, 2.24) is 14.7 Å². The van der Waals surface area contributed by atoms with Crippen molar-refractivity contribution in [3.8, 4) is 0 Å². The molecule has 0 spiro atoms. The molecular weight excluding hydrogens is 453 g/mol. The molecule has 0 N–H and O–H groups in total. The van der Waals surface area contributed by atoms with Gasteiger partial charge in [-0.25, -0.2) is 0 Å². The van der Waals surface area contributed by atoms with Crippen LogP contribution in [-0.2, 0) is 19.1 Å². The van der Waals surface area contributed by atoms with Crippen LogP contribution in [0.1, 0.15) is 18.4 Å². The molecule has 2 aliphatic rings. The fourth-order valence-corrected chi connectivity index (χ4v) is 4.39. The van der Waals surface area contributed by atoms with Gasteiger partial charge in [0.15, 0.2) is 0 Å². The Balaban J connectivity index is 1.51. The molecular formula is C23H31Cl2N3O4. The van der Waals surface area contributed by atoms with E-state index in [0.29, 0.717) is 49.3 Å². The summed E-state index contributed by atoms with van der Waals surface area (Å²) in [6.45, 7) is 4.16. The molecule has 7 nitrogen and oxygen atoms in total. The third-order valence-electron chi connectivity index (χ3n) is 6.12. The van der Waals surface area contributed by atoms with Crippen molar-refractivity contribution in [1.29, 1.82) is 0 Å². The van der Waals surface area contributed by atoms with Crippen LogP contribution in [0, 0.1) is 0 Å². The van der Waals surface area contributed by atoms with E-state index in [1.807, 2.05) is 4.90 Å². The summed E-state index contributed by atoms with van der Waals surface area (Å²) in [5.41, 5.74) is 0.797. The number of likely N-dealkylation sites (N-methyl/N-ethyl adjacent to an activating group) is 1. The number of methoxy groups -OCH3 is 1. The average molecular weight is 484 g/mol. The van der Waals surface area contributed by atoms with Gasteiger partial charge < -0.3 is 19.3 Å². The van der Waals surface area contributed by atoms with Crippen LogP contribution in [0.2, 0.25) is 10.0 Å². The van der Waals surface area contributed by atoms with Crippen molar-refractivity contribution in [2.24, 2.45) is 0 Å². The summed E-state index contributed by atoms with van der Waals surface area (Å²) < 4.78 is 11.1. The quantitative estimate of drug-likeness (QED) is 0.558. The number of ether oxygens (including phenoxy) is 2. The third-order valence-corrected chi connectivity index (χ3v) is 6.86. The average Bonchev–Trinajstić information content (AvgIpc) is 2.99. The summed E-state index contributed by atoms with van der Waals surface area (Å²) in [5.74, 6) is -0.0367. The fraction of sp³-hybridized carbons (Fsp3) is 0.565. The molecule has 1 aromatic carbocycles. The van der Waals surface area contributed by atoms with Crippen molar-refractivity contribution in [2.75, 3.05) is 60.1 Å². The summed E-state index contributed by atoms with van der Waals surface area (Å²) in [6.07, 6.45) is 4.52. The highest BCUT2D eigenvalue weighted by atomic mass is 35.5. The normalized spacial score (nSPS) is 22.6. The lowest BCUT2D eigenvalue weighted by Gasteiger charge is -2.37. The topological polar surface area (TPSA) is 62.3 Å². The molecule has 2 heterocycles. The van der Waals surface area contributed by atoms with Crippen LogP contribution in [0.4, 0.5) is 0 Å². The molecule has 0 saturated carbocycles. The molecule has 0 bridgehead atoms. The van der Waals surface area contributed by atoms with E-state index < -0.39 is 0 Å². The SMILES string of the molecule is CO[C@H]1COCC[C@H]1N(C)CCN1CCN(C(=O)/C=C/c2ccc(Cl)c(Cl)c2)CCC1=O. The predicted molar refractivity (Wildman–Crippen MR) is 126 cm³/mol. The smallest absolute Gasteiger partial charge is 0.246 e. The van der Waals surface area contributed by atoms with Gasteiger partial charge in [-0.2, -0.15) is 0 Å². The first-order valence-corrected chi connectivity index (χ1v) is 11.6. The van der Waals surface area contributed by atoms with Crippen LogP contribution in [0.5, 0.6) is 0 Å². The number of amides is 2. The number of hydrogen-bond acceptors (Lipinski definition) is 5. The van der Waals surface area contributed by atoms with E-state index in [9.17, 15) is 9.59 Å². The van der Waals surface area contributed by atoms with Crippen LogP contribution < -0.4 is 0 Å². The predicted octanol–water partition coefficient (Wildman–Crippen LogP) is 2.80. The summed E-state index contributed by atoms with van der Waals surface area (Å²) >= 11 is 12.0. The summed E-state index contributed by atoms with van der Waals surface area (Å²) in [5, 5.41) is 0.918. The highest BCUT2D eigenvalue weighted by Gasteiger charge is 2.30. The Hall–Kier alpha value is -1.64. The first-order valence-electron chi connectivity index (χ1n) is 10.9. The summed E-state index contributed by atoms with van der Waals surface area (Å²) in [6, 6.07) is 5.49. The standard InChI is InChI=1S/C23H31Cl2N3O4/c1-26(20-8-14-32-16-21(20)31-2)10-11-28-13-12-27(9-7-23(28)30)22(29)6-4-17-3-5-18(24)19(25)15-17/h3-6,15,20-21H,7-14,16H2,1-2H3/b6-4+/t20-,21+/m1/s1. The molecule has 3 rings (SSSR count). The van der Waals surface area contributed by atoms with Crippen LogP contribution in [0.15, 0.2) is 24.3 Å². The molecule has 9 heteroatoms. The van der Waals surface area contributed by atoms with Gasteiger partial charge >= 0.3 is 0 Å². The van der Waals surface area contributed by atoms with Gasteiger partial charge in [-0.3, -0.25) is 14.5 Å². The van der Waals surface area contributed by atoms with Gasteiger partial charge in [0.05, 0.1) is 22.8 Å². The minimum atomic E-state index is -0.118. The Kier molecular flexibility index (Phi) is 9.37. The second-order valence-electron chi connectivity index (χ2n) is 8.15. The van der Waals surface area contributed by atoms with Crippen LogP contribution in [-0.4, -0.2) is 98.8 Å². The van der Waals surface area contributed by atoms with Crippen molar-refractivity contribution >= 4 is 41.1 Å². The van der Waals surface area contributed by atoms with Crippen LogP contribution in [0.25, 0.3) is 6.08 Å². The van der Waals surface area contributed by atoms with Crippen LogP contribution >= 0.6 is 23.2 Å². The van der Waals surface area contributed by atoms with Gasteiger partial charge in [0.2, 0.25) is 11.8 Å². The highest BCUT2D eigenvalue weighted by Crippen LogP contribution is 2.23. The Bertz CT molecular complexity index is 835. The number of rotatable bonds is 7. The number of hydrogen-bond donors (Lipinski definition) is 0. The number of halogens is 2. The number of carbonyl (C=O) groups is 2. The van der Waals surface area contributed by atoms with E-state index in [4.69, 9.17) is 32.7 Å². The molecule has 2 fully saturated rings. The molecule has 32 heavy (non-hydrogen) atoms. The van der Waals surface area contributed by atoms with E-state index in [1.54, 1.807) is 36.3 Å². The van der Waals surface area contributed by atoms with Gasteiger partial charge in [-0.05, 0) is 37.2 Å². The Labute approximate surface area is 199 Å². The van der Waals surface area contributed by atoms with Crippen LogP contribution in [0.3, 0.4) is 0 Å². The lowest BCUT2D eigenvalue weighted by Crippen LogP contribution is -2.50. The highest BCUT2D eigenvalue weighted by molar-refractivity contribution is 6.42. The van der Waals surface area contributed by atoms with Crippen molar-refractivity contribution < 1.29 is 19.1 Å². The zero-order valence-electron chi connectivity index (χ0n) is 18.6. The maximum atomic E-state index is 12.6. The largest absolute Gasteiger partial charge is 0.379 e. The first-order chi connectivity index (χ1) is 15.4. The molecule has 0 aromatic heterocycles. The Morgan fingerprint density at radius 1 is 1.28 bits per heavy atom. The van der Waals surface area contributed by atoms with Gasteiger partial charge in [0.1, 0.15) is 0 Å². The maximum absolute atomic E-state index is 12.6. The minimum absolute atomic E-state index is 0.0454. The number of carbonyl (C=O) groups excluding carboxylic acids is 2. The van der Waals surface area contributed by atoms with Gasteiger partial charge in [0, 0.05) is 65.0 Å². The molecule has 2 aliphatic heterocycles. The summed E-state index contributed by atoms with van der Waals surface area (Å²) in [7, 11) is 3.77. The Morgan fingerprint density at radius 2 is 2.09 bits per heavy atom. The van der Waals surface area contributed by atoms with Crippen molar-refractivity contribution in [3.05, 3.63) is 39.9 Å². The fourth-order valence-electron chi connectivity index (χ4n) is 4.09. The minimum Gasteiger partial charge on any atom is -0.379 e. The van der Waals surface area contributed by atoms with E-state index in [1.165, 1.54) is 6.08 Å². The van der Waals surface area contributed by atoms with Crippen molar-refractivity contribution in [2.45, 2.75) is 25.0 Å². The van der Waals surface area contributed by atoms with Gasteiger partial charge in [-0.15, -0.1) is 0 Å². The van der Waals surface area contributed by atoms with Gasteiger partial charge in [-0.1, -0.05) is 29.3 Å². The van der Waals surface area contributed by atoms with E-state index in [2.05, 4.69) is 11.9 Å². The second-order valence-corrected chi connectivity index (χ2v) is 8.96. The van der Waals surface area contributed by atoms with E-state index >= 15 is 0 Å². The Morgan fingerprint density at radius 3 is 2.84 bits per heavy atom. The molecule has 2 amide bonds. The molecule has 2 atom stereocenters. The van der Waals surface area contributed by atoms with E-state index in [0.717, 1.165) is 25.1 Å². The third kappa shape index (κ3) is 6.68. The maximum Gasteiger partial charge on any atom is 0.246 e. The molecule has 0 unspecified atom stereocenters. The first kappa shape index (κ1) is 25.0. The molecule has 0 radical (unpaired) electrons. The lowest BCUT2D eigenvalue weighted by molar-refractivity contribution is -0.131. The number of nitrogens with zero attached hydrogens (tertiary/aromatic N) is 3. The lowest BCUT2D eigenvalue weighted by atomic mass is 10.0. The zero-order chi connectivity index (χ0) is 23.1. The van der Waals surface area contributed by atoms with Crippen molar-refractivity contribution in [3.63, 3.8) is 0 Å².